The van der Waals surface area contributed by atoms with Crippen molar-refractivity contribution in [1.29, 1.82) is 0 Å². The zero-order valence-corrected chi connectivity index (χ0v) is 11.8. The number of carbonyl (C=O) groups excluding carboxylic acids is 1. The molecule has 3 rings (SSSR count). The molecule has 0 saturated carbocycles. The molecule has 0 unspecified atom stereocenters. The fourth-order valence-electron chi connectivity index (χ4n) is 2.17. The summed E-state index contributed by atoms with van der Waals surface area (Å²) >= 11 is 0. The Morgan fingerprint density at radius 2 is 2.10 bits per heavy atom. The Balaban J connectivity index is 1.81. The maximum Gasteiger partial charge on any atom is 0.315 e. The van der Waals surface area contributed by atoms with Gasteiger partial charge in [0.15, 0.2) is 5.82 Å². The Bertz CT molecular complexity index is 818. The smallest absolute Gasteiger partial charge is 0.315 e. The van der Waals surface area contributed by atoms with Crippen molar-refractivity contribution in [3.8, 4) is 0 Å². The van der Waals surface area contributed by atoms with Crippen molar-refractivity contribution in [2.75, 3.05) is 0 Å². The van der Waals surface area contributed by atoms with Gasteiger partial charge in [-0.2, -0.15) is 4.98 Å². The number of nitrogens with two attached hydrogens (primary N) is 1. The average molecular weight is 285 g/mol. The Morgan fingerprint density at radius 1 is 1.33 bits per heavy atom. The van der Waals surface area contributed by atoms with Crippen LogP contribution in [0.1, 0.15) is 27.6 Å². The van der Waals surface area contributed by atoms with Crippen LogP contribution in [0.25, 0.3) is 11.0 Å². The summed E-state index contributed by atoms with van der Waals surface area (Å²) in [7, 11) is 0. The molecule has 1 amide bonds. The quantitative estimate of drug-likeness (QED) is 0.780. The summed E-state index contributed by atoms with van der Waals surface area (Å²) in [5.74, 6) is -0.422. The van der Waals surface area contributed by atoms with Gasteiger partial charge < -0.3 is 14.8 Å². The van der Waals surface area contributed by atoms with Crippen LogP contribution in [0, 0.1) is 13.8 Å². The molecular weight excluding hydrogens is 270 g/mol. The molecule has 0 saturated heterocycles. The molecule has 2 N–H and O–H groups in total. The first-order valence-electron chi connectivity index (χ1n) is 6.59. The standard InChI is InChI=1S/C14H15N5O2/c1-8-5-10-11(6-9(8)2)19(7-16-10)4-3-12-17-14(13(15)20)21-18-12/h5-7H,3-4H2,1-2H3,(H2,15,20). The molecule has 2 aromatic heterocycles. The van der Waals surface area contributed by atoms with E-state index in [9.17, 15) is 4.79 Å². The SMILES string of the molecule is Cc1cc2ncn(CCc3noc(C(N)=O)n3)c2cc1C. The normalized spacial score (nSPS) is 11.1. The Labute approximate surface area is 120 Å². The predicted octanol–water partition coefficient (Wildman–Crippen LogP) is 1.38. The zero-order valence-electron chi connectivity index (χ0n) is 11.8. The molecule has 2 heterocycles. The highest BCUT2D eigenvalue weighted by Gasteiger charge is 2.12. The predicted molar refractivity (Wildman–Crippen MR) is 75.7 cm³/mol. The second kappa shape index (κ2) is 5.01. The Morgan fingerprint density at radius 3 is 2.81 bits per heavy atom. The zero-order chi connectivity index (χ0) is 15.0. The summed E-state index contributed by atoms with van der Waals surface area (Å²) in [5.41, 5.74) is 9.54. The minimum absolute atomic E-state index is 0.160. The number of benzene rings is 1. The van der Waals surface area contributed by atoms with Crippen LogP contribution in [0.15, 0.2) is 23.0 Å². The van der Waals surface area contributed by atoms with Crippen molar-refractivity contribution in [1.82, 2.24) is 19.7 Å². The van der Waals surface area contributed by atoms with Gasteiger partial charge in [0, 0.05) is 13.0 Å². The molecule has 0 atom stereocenters. The van der Waals surface area contributed by atoms with Gasteiger partial charge in [0.25, 0.3) is 0 Å². The molecule has 21 heavy (non-hydrogen) atoms. The van der Waals surface area contributed by atoms with Crippen molar-refractivity contribution < 1.29 is 9.32 Å². The lowest BCUT2D eigenvalue weighted by Crippen LogP contribution is -2.11. The van der Waals surface area contributed by atoms with E-state index in [1.807, 2.05) is 4.57 Å². The van der Waals surface area contributed by atoms with Crippen LogP contribution in [-0.4, -0.2) is 25.6 Å². The van der Waals surface area contributed by atoms with Crippen molar-refractivity contribution in [3.63, 3.8) is 0 Å². The first kappa shape index (κ1) is 13.3. The molecule has 0 fully saturated rings. The van der Waals surface area contributed by atoms with E-state index >= 15 is 0 Å². The Kier molecular flexibility index (Phi) is 3.17. The maximum absolute atomic E-state index is 10.9. The van der Waals surface area contributed by atoms with Crippen LogP contribution in [0.4, 0.5) is 0 Å². The minimum Gasteiger partial charge on any atom is -0.361 e. The molecule has 3 aromatic rings. The average Bonchev–Trinajstić information content (AvgIpc) is 3.04. The van der Waals surface area contributed by atoms with Crippen molar-refractivity contribution >= 4 is 16.9 Å². The summed E-state index contributed by atoms with van der Waals surface area (Å²) in [5, 5.41) is 3.73. The summed E-state index contributed by atoms with van der Waals surface area (Å²) < 4.78 is 6.79. The van der Waals surface area contributed by atoms with Crippen LogP contribution >= 0.6 is 0 Å². The fourth-order valence-corrected chi connectivity index (χ4v) is 2.17. The number of imidazole rings is 1. The Hall–Kier alpha value is -2.70. The molecule has 108 valence electrons. The molecule has 0 spiro atoms. The number of aryl methyl sites for hydroxylation is 4. The molecule has 1 aromatic carbocycles. The highest BCUT2D eigenvalue weighted by molar-refractivity contribution is 5.87. The van der Waals surface area contributed by atoms with E-state index in [0.717, 1.165) is 11.0 Å². The van der Waals surface area contributed by atoms with Gasteiger partial charge in [0.1, 0.15) is 0 Å². The molecule has 0 aliphatic heterocycles. The van der Waals surface area contributed by atoms with E-state index < -0.39 is 5.91 Å². The lowest BCUT2D eigenvalue weighted by Gasteiger charge is -2.04. The highest BCUT2D eigenvalue weighted by atomic mass is 16.5. The topological polar surface area (TPSA) is 99.8 Å². The van der Waals surface area contributed by atoms with Gasteiger partial charge in [-0.3, -0.25) is 4.79 Å². The molecule has 0 aliphatic carbocycles. The number of aromatic nitrogens is 4. The molecule has 0 radical (unpaired) electrons. The number of primary amides is 1. The number of amides is 1. The largest absolute Gasteiger partial charge is 0.361 e. The molecule has 0 aliphatic rings. The van der Waals surface area contributed by atoms with Crippen LogP contribution < -0.4 is 5.73 Å². The van der Waals surface area contributed by atoms with E-state index in [1.165, 1.54) is 11.1 Å². The number of hydrogen-bond acceptors (Lipinski definition) is 5. The first-order valence-corrected chi connectivity index (χ1v) is 6.59. The van der Waals surface area contributed by atoms with Gasteiger partial charge in [-0.1, -0.05) is 5.16 Å². The van der Waals surface area contributed by atoms with Crippen LogP contribution in [-0.2, 0) is 13.0 Å². The van der Waals surface area contributed by atoms with Crippen molar-refractivity contribution in [3.05, 3.63) is 41.3 Å². The third kappa shape index (κ3) is 2.49. The fraction of sp³-hybridized carbons (Fsp3) is 0.286. The second-order valence-electron chi connectivity index (χ2n) is 4.99. The summed E-state index contributed by atoms with van der Waals surface area (Å²) in [6, 6.07) is 4.18. The van der Waals surface area contributed by atoms with Gasteiger partial charge in [-0.15, -0.1) is 0 Å². The molecular formula is C14H15N5O2. The molecule has 0 bridgehead atoms. The molecule has 7 heteroatoms. The van der Waals surface area contributed by atoms with E-state index in [0.29, 0.717) is 18.8 Å². The summed E-state index contributed by atoms with van der Waals surface area (Å²) in [4.78, 5) is 19.2. The summed E-state index contributed by atoms with van der Waals surface area (Å²) in [6.07, 6.45) is 2.33. The van der Waals surface area contributed by atoms with Crippen LogP contribution in [0.5, 0.6) is 0 Å². The third-order valence-electron chi connectivity index (χ3n) is 3.49. The second-order valence-corrected chi connectivity index (χ2v) is 4.99. The van der Waals surface area contributed by atoms with Crippen molar-refractivity contribution in [2.24, 2.45) is 5.73 Å². The van der Waals surface area contributed by atoms with E-state index in [2.05, 4.69) is 41.1 Å². The van der Waals surface area contributed by atoms with Gasteiger partial charge >= 0.3 is 11.8 Å². The van der Waals surface area contributed by atoms with Gasteiger partial charge in [0.05, 0.1) is 17.4 Å². The van der Waals surface area contributed by atoms with Gasteiger partial charge in [0.2, 0.25) is 0 Å². The van der Waals surface area contributed by atoms with E-state index in [-0.39, 0.29) is 5.89 Å². The number of carbonyl (C=O) groups is 1. The van der Waals surface area contributed by atoms with E-state index in [4.69, 9.17) is 10.3 Å². The maximum atomic E-state index is 10.9. The number of fused-ring (bicyclic) bond motifs is 1. The molecule has 7 nitrogen and oxygen atoms in total. The summed E-state index contributed by atoms with van der Waals surface area (Å²) in [6.45, 7) is 4.79. The number of nitrogens with zero attached hydrogens (tertiary/aromatic N) is 4. The lowest BCUT2D eigenvalue weighted by molar-refractivity contribution is 0.0958. The third-order valence-corrected chi connectivity index (χ3v) is 3.49. The van der Waals surface area contributed by atoms with Crippen LogP contribution in [0.3, 0.4) is 0 Å². The highest BCUT2D eigenvalue weighted by Crippen LogP contribution is 2.18. The number of hydrogen-bond donors (Lipinski definition) is 1. The minimum atomic E-state index is -0.715. The van der Waals surface area contributed by atoms with E-state index in [1.54, 1.807) is 6.33 Å². The monoisotopic (exact) mass is 285 g/mol. The van der Waals surface area contributed by atoms with Crippen LogP contribution in [0.2, 0.25) is 0 Å². The number of rotatable bonds is 4. The van der Waals surface area contributed by atoms with Crippen molar-refractivity contribution in [2.45, 2.75) is 26.8 Å². The lowest BCUT2D eigenvalue weighted by atomic mass is 10.1. The first-order chi connectivity index (χ1) is 10.0. The van der Waals surface area contributed by atoms with Gasteiger partial charge in [-0.25, -0.2) is 4.98 Å². The van der Waals surface area contributed by atoms with Gasteiger partial charge in [-0.05, 0) is 37.1 Å².